The molecule has 9 aromatic carbocycles. The van der Waals surface area contributed by atoms with Crippen LogP contribution in [0.25, 0.3) is 89.1 Å². The van der Waals surface area contributed by atoms with Crippen molar-refractivity contribution in [2.24, 2.45) is 0 Å². The van der Waals surface area contributed by atoms with Crippen LogP contribution in [-0.4, -0.2) is 15.0 Å². The normalized spacial score (nSPS) is 13.1. The van der Waals surface area contributed by atoms with Gasteiger partial charge in [0.2, 0.25) is 0 Å². The molecule has 0 fully saturated rings. The lowest BCUT2D eigenvalue weighted by Crippen LogP contribution is -2.25. The molecule has 57 heavy (non-hydrogen) atoms. The maximum atomic E-state index is 5.35. The van der Waals surface area contributed by atoms with E-state index in [0.29, 0.717) is 17.5 Å². The predicted octanol–water partition coefficient (Wildman–Crippen LogP) is 13.2. The number of fused-ring (bicyclic) bond motifs is 14. The van der Waals surface area contributed by atoms with Crippen LogP contribution in [0.4, 0.5) is 0 Å². The van der Waals surface area contributed by atoms with E-state index in [4.69, 9.17) is 15.0 Å². The van der Waals surface area contributed by atoms with Gasteiger partial charge in [-0.25, -0.2) is 15.0 Å². The molecule has 0 atom stereocenters. The van der Waals surface area contributed by atoms with Crippen LogP contribution in [0.5, 0.6) is 0 Å². The third-order valence-corrected chi connectivity index (χ3v) is 12.1. The van der Waals surface area contributed by atoms with Crippen LogP contribution in [0.15, 0.2) is 200 Å². The molecule has 2 aliphatic carbocycles. The Hall–Kier alpha value is -7.49. The van der Waals surface area contributed by atoms with Gasteiger partial charge in [0.1, 0.15) is 0 Å². The fourth-order valence-electron chi connectivity index (χ4n) is 9.76. The Bertz CT molecular complexity index is 3150. The third kappa shape index (κ3) is 4.57. The van der Waals surface area contributed by atoms with Crippen molar-refractivity contribution in [1.29, 1.82) is 0 Å². The second-order valence-corrected chi connectivity index (χ2v) is 15.1. The van der Waals surface area contributed by atoms with Crippen molar-refractivity contribution in [1.82, 2.24) is 15.0 Å². The zero-order valence-electron chi connectivity index (χ0n) is 30.9. The summed E-state index contributed by atoms with van der Waals surface area (Å²) in [6, 6.07) is 72.0. The van der Waals surface area contributed by atoms with Gasteiger partial charge < -0.3 is 0 Å². The number of hydrogen-bond donors (Lipinski definition) is 0. The van der Waals surface area contributed by atoms with Crippen molar-refractivity contribution >= 4 is 21.5 Å². The van der Waals surface area contributed by atoms with Gasteiger partial charge >= 0.3 is 0 Å². The van der Waals surface area contributed by atoms with E-state index in [1.165, 1.54) is 66.1 Å². The standard InChI is InChI=1S/C54H33N3/c1-3-15-34(16-4-1)38-21-13-22-39(33-38)52-55-51(37-19-5-2-6-20-37)56-53(57-52)43-26-14-28-45-48(43)42-25-11-12-27-44(42)54(45)46-31-29-35-17-7-9-23-40(35)49(46)50-41-24-10-8-18-36(41)30-32-47(50)54/h1-33H. The Morgan fingerprint density at radius 3 is 1.46 bits per heavy atom. The first kappa shape index (κ1) is 31.8. The molecule has 0 saturated heterocycles. The molecule has 1 aromatic heterocycles. The van der Waals surface area contributed by atoms with Gasteiger partial charge in [0.25, 0.3) is 0 Å². The van der Waals surface area contributed by atoms with Crippen LogP contribution < -0.4 is 0 Å². The highest BCUT2D eigenvalue weighted by atomic mass is 15.0. The number of hydrogen-bond acceptors (Lipinski definition) is 3. The highest BCUT2D eigenvalue weighted by Crippen LogP contribution is 2.65. The van der Waals surface area contributed by atoms with Gasteiger partial charge in [-0.3, -0.25) is 0 Å². The first-order valence-corrected chi connectivity index (χ1v) is 19.5. The Morgan fingerprint density at radius 2 is 0.754 bits per heavy atom. The molecule has 2 aliphatic rings. The van der Waals surface area contributed by atoms with Crippen molar-refractivity contribution in [2.45, 2.75) is 5.41 Å². The van der Waals surface area contributed by atoms with Gasteiger partial charge in [-0.2, -0.15) is 0 Å². The molecule has 1 heterocycles. The number of nitrogens with zero attached hydrogens (tertiary/aromatic N) is 3. The van der Waals surface area contributed by atoms with Crippen molar-refractivity contribution in [2.75, 3.05) is 0 Å². The van der Waals surface area contributed by atoms with E-state index in [0.717, 1.165) is 27.8 Å². The van der Waals surface area contributed by atoms with E-state index in [9.17, 15) is 0 Å². The first-order valence-electron chi connectivity index (χ1n) is 19.5. The molecule has 0 aliphatic heterocycles. The van der Waals surface area contributed by atoms with Crippen LogP contribution >= 0.6 is 0 Å². The summed E-state index contributed by atoms with van der Waals surface area (Å²) in [6.07, 6.45) is 0. The van der Waals surface area contributed by atoms with Crippen LogP contribution in [-0.2, 0) is 5.41 Å². The van der Waals surface area contributed by atoms with Gasteiger partial charge in [0.05, 0.1) is 5.41 Å². The highest BCUT2D eigenvalue weighted by molar-refractivity contribution is 6.14. The minimum Gasteiger partial charge on any atom is -0.208 e. The zero-order chi connectivity index (χ0) is 37.5. The predicted molar refractivity (Wildman–Crippen MR) is 233 cm³/mol. The van der Waals surface area contributed by atoms with Crippen molar-refractivity contribution in [3.8, 4) is 67.5 Å². The van der Waals surface area contributed by atoms with E-state index in [2.05, 4.69) is 176 Å². The van der Waals surface area contributed by atoms with Crippen molar-refractivity contribution in [3.05, 3.63) is 222 Å². The van der Waals surface area contributed by atoms with E-state index >= 15 is 0 Å². The maximum Gasteiger partial charge on any atom is 0.164 e. The number of rotatable bonds is 4. The molecule has 0 bridgehead atoms. The Morgan fingerprint density at radius 1 is 0.281 bits per heavy atom. The average Bonchev–Trinajstić information content (AvgIpc) is 3.77. The van der Waals surface area contributed by atoms with Crippen LogP contribution in [0.3, 0.4) is 0 Å². The first-order chi connectivity index (χ1) is 28.3. The molecule has 0 N–H and O–H groups in total. The summed E-state index contributed by atoms with van der Waals surface area (Å²) in [5.74, 6) is 1.95. The van der Waals surface area contributed by atoms with E-state index in [1.807, 2.05) is 24.3 Å². The molecule has 0 amide bonds. The lowest BCUT2D eigenvalue weighted by Gasteiger charge is -2.30. The van der Waals surface area contributed by atoms with Crippen LogP contribution in [0.1, 0.15) is 22.3 Å². The minimum atomic E-state index is -0.539. The average molecular weight is 724 g/mol. The van der Waals surface area contributed by atoms with Gasteiger partial charge in [0, 0.05) is 16.7 Å². The monoisotopic (exact) mass is 723 g/mol. The van der Waals surface area contributed by atoms with E-state index < -0.39 is 5.41 Å². The molecular weight excluding hydrogens is 691 g/mol. The SMILES string of the molecule is c1ccc(-c2cccc(-c3nc(-c4ccccc4)nc(-c4cccc5c4-c4ccccc4C54c5ccc6ccccc6c5-c5c4ccc4ccccc54)n3)c2)cc1. The molecule has 3 heteroatoms. The fraction of sp³-hybridized carbons (Fsp3) is 0.0185. The summed E-state index contributed by atoms with van der Waals surface area (Å²) in [7, 11) is 0. The number of benzene rings is 9. The van der Waals surface area contributed by atoms with Gasteiger partial charge in [-0.15, -0.1) is 0 Å². The molecule has 12 rings (SSSR count). The second kappa shape index (κ2) is 12.3. The molecule has 1 spiro atoms. The lowest BCUT2D eigenvalue weighted by atomic mass is 9.70. The van der Waals surface area contributed by atoms with Gasteiger partial charge in [-0.05, 0) is 83.2 Å². The molecule has 0 radical (unpaired) electrons. The topological polar surface area (TPSA) is 38.7 Å². The summed E-state index contributed by atoms with van der Waals surface area (Å²) in [5, 5.41) is 5.04. The maximum absolute atomic E-state index is 5.35. The Labute approximate surface area is 330 Å². The lowest BCUT2D eigenvalue weighted by molar-refractivity contribution is 0.795. The summed E-state index contributed by atoms with van der Waals surface area (Å²) >= 11 is 0. The zero-order valence-corrected chi connectivity index (χ0v) is 30.9. The Balaban J connectivity index is 1.15. The summed E-state index contributed by atoms with van der Waals surface area (Å²) in [4.78, 5) is 15.8. The largest absolute Gasteiger partial charge is 0.208 e. The summed E-state index contributed by atoms with van der Waals surface area (Å²) < 4.78 is 0. The third-order valence-electron chi connectivity index (χ3n) is 12.1. The minimum absolute atomic E-state index is 0.539. The van der Waals surface area contributed by atoms with Crippen molar-refractivity contribution < 1.29 is 0 Å². The fourth-order valence-corrected chi connectivity index (χ4v) is 9.76. The molecular formula is C54H33N3. The van der Waals surface area contributed by atoms with E-state index in [1.54, 1.807) is 0 Å². The summed E-state index contributed by atoms with van der Waals surface area (Å²) in [5.41, 5.74) is 14.8. The molecule has 264 valence electrons. The smallest absolute Gasteiger partial charge is 0.164 e. The van der Waals surface area contributed by atoms with Crippen LogP contribution in [0, 0.1) is 0 Å². The molecule has 0 unspecified atom stereocenters. The highest BCUT2D eigenvalue weighted by Gasteiger charge is 2.53. The molecule has 0 saturated carbocycles. The molecule has 10 aromatic rings. The van der Waals surface area contributed by atoms with Crippen LogP contribution in [0.2, 0.25) is 0 Å². The Kier molecular flexibility index (Phi) is 6.84. The molecule has 3 nitrogen and oxygen atoms in total. The quantitative estimate of drug-likeness (QED) is 0.181. The second-order valence-electron chi connectivity index (χ2n) is 15.1. The van der Waals surface area contributed by atoms with Crippen molar-refractivity contribution in [3.63, 3.8) is 0 Å². The number of aromatic nitrogens is 3. The van der Waals surface area contributed by atoms with E-state index in [-0.39, 0.29) is 0 Å². The van der Waals surface area contributed by atoms with Gasteiger partial charge in [-0.1, -0.05) is 194 Å². The summed E-state index contributed by atoms with van der Waals surface area (Å²) in [6.45, 7) is 0. The van der Waals surface area contributed by atoms with Gasteiger partial charge in [0.15, 0.2) is 17.5 Å².